The van der Waals surface area contributed by atoms with Crippen molar-refractivity contribution in [3.63, 3.8) is 0 Å². The largest absolute Gasteiger partial charge is 0.453 e. The fourth-order valence-corrected chi connectivity index (χ4v) is 3.12. The van der Waals surface area contributed by atoms with Gasteiger partial charge in [-0.05, 0) is 36.4 Å². The number of benzene rings is 1. The SMILES string of the molecule is COC(=O)Nc1ccc(S(=O)(=O)NC[C@H](O)c2cccn2C)cc1. The predicted molar refractivity (Wildman–Crippen MR) is 88.0 cm³/mol. The van der Waals surface area contributed by atoms with Crippen molar-refractivity contribution in [1.82, 2.24) is 9.29 Å². The summed E-state index contributed by atoms with van der Waals surface area (Å²) in [5, 5.41) is 12.5. The third kappa shape index (κ3) is 4.34. The maximum Gasteiger partial charge on any atom is 0.411 e. The molecule has 0 spiro atoms. The number of aliphatic hydroxyl groups excluding tert-OH is 1. The number of ether oxygens (including phenoxy) is 1. The zero-order valence-electron chi connectivity index (χ0n) is 13.3. The lowest BCUT2D eigenvalue weighted by molar-refractivity contribution is 0.173. The van der Waals surface area contributed by atoms with Gasteiger partial charge in [-0.25, -0.2) is 17.9 Å². The van der Waals surface area contributed by atoms with Crippen LogP contribution in [-0.2, 0) is 21.8 Å². The molecule has 9 heteroatoms. The van der Waals surface area contributed by atoms with Crippen LogP contribution in [0.1, 0.15) is 11.8 Å². The van der Waals surface area contributed by atoms with Crippen molar-refractivity contribution in [3.8, 4) is 0 Å². The molecule has 24 heavy (non-hydrogen) atoms. The van der Waals surface area contributed by atoms with Crippen LogP contribution in [0.5, 0.6) is 0 Å². The highest BCUT2D eigenvalue weighted by Crippen LogP contribution is 2.16. The second-order valence-corrected chi connectivity index (χ2v) is 6.82. The van der Waals surface area contributed by atoms with Crippen molar-refractivity contribution in [2.75, 3.05) is 19.0 Å². The van der Waals surface area contributed by atoms with Crippen LogP contribution in [-0.4, -0.2) is 37.8 Å². The zero-order valence-corrected chi connectivity index (χ0v) is 14.1. The summed E-state index contributed by atoms with van der Waals surface area (Å²) >= 11 is 0. The molecule has 0 aliphatic rings. The van der Waals surface area contributed by atoms with Crippen molar-refractivity contribution in [1.29, 1.82) is 0 Å². The maximum atomic E-state index is 12.2. The van der Waals surface area contributed by atoms with E-state index in [1.807, 2.05) is 0 Å². The van der Waals surface area contributed by atoms with Gasteiger partial charge in [-0.3, -0.25) is 5.32 Å². The highest BCUT2D eigenvalue weighted by Gasteiger charge is 2.18. The fraction of sp³-hybridized carbons (Fsp3) is 0.267. The van der Waals surface area contributed by atoms with Gasteiger partial charge in [0.05, 0.1) is 12.0 Å². The standard InChI is InChI=1S/C15H19N3O5S/c1-18-9-3-4-13(18)14(19)10-16-24(21,22)12-7-5-11(6-8-12)17-15(20)23-2/h3-9,14,16,19H,10H2,1-2H3,(H,17,20)/t14-/m0/s1. The Labute approximate surface area is 140 Å². The summed E-state index contributed by atoms with van der Waals surface area (Å²) in [6.45, 7) is -0.150. The molecule has 0 bridgehead atoms. The van der Waals surface area contributed by atoms with Crippen LogP contribution in [0.2, 0.25) is 0 Å². The van der Waals surface area contributed by atoms with Crippen molar-refractivity contribution < 1.29 is 23.1 Å². The van der Waals surface area contributed by atoms with E-state index in [0.29, 0.717) is 11.4 Å². The summed E-state index contributed by atoms with van der Waals surface area (Å²) in [7, 11) is -0.777. The Balaban J connectivity index is 2.02. The number of aromatic nitrogens is 1. The highest BCUT2D eigenvalue weighted by atomic mass is 32.2. The van der Waals surface area contributed by atoms with Crippen LogP contribution in [0.4, 0.5) is 10.5 Å². The fourth-order valence-electron chi connectivity index (χ4n) is 2.08. The van der Waals surface area contributed by atoms with Gasteiger partial charge in [0, 0.05) is 31.2 Å². The number of rotatable bonds is 6. The average molecular weight is 353 g/mol. The van der Waals surface area contributed by atoms with Crippen LogP contribution in [0.3, 0.4) is 0 Å². The number of aryl methyl sites for hydroxylation is 1. The minimum atomic E-state index is -3.77. The van der Waals surface area contributed by atoms with Gasteiger partial charge < -0.3 is 14.4 Å². The van der Waals surface area contributed by atoms with Crippen molar-refractivity contribution in [2.24, 2.45) is 7.05 Å². The first kappa shape index (κ1) is 18.0. The topological polar surface area (TPSA) is 110 Å². The Morgan fingerprint density at radius 2 is 1.96 bits per heavy atom. The van der Waals surface area contributed by atoms with E-state index in [0.717, 1.165) is 0 Å². The molecule has 0 saturated heterocycles. The lowest BCUT2D eigenvalue weighted by Crippen LogP contribution is -2.29. The molecule has 0 unspecified atom stereocenters. The van der Waals surface area contributed by atoms with Crippen molar-refractivity contribution in [2.45, 2.75) is 11.0 Å². The van der Waals surface area contributed by atoms with Gasteiger partial charge in [-0.15, -0.1) is 0 Å². The van der Waals surface area contributed by atoms with E-state index in [1.165, 1.54) is 31.4 Å². The molecule has 0 fully saturated rings. The van der Waals surface area contributed by atoms with E-state index in [4.69, 9.17) is 0 Å². The van der Waals surface area contributed by atoms with Gasteiger partial charge in [0.25, 0.3) is 0 Å². The Morgan fingerprint density at radius 1 is 1.29 bits per heavy atom. The highest BCUT2D eigenvalue weighted by molar-refractivity contribution is 7.89. The molecule has 2 aromatic rings. The second kappa shape index (κ2) is 7.47. The minimum absolute atomic E-state index is 0.0250. The number of amides is 1. The molecule has 0 aliphatic heterocycles. The Bertz CT molecular complexity index is 799. The molecule has 0 saturated carbocycles. The van der Waals surface area contributed by atoms with Crippen LogP contribution in [0, 0.1) is 0 Å². The van der Waals surface area contributed by atoms with Crippen LogP contribution >= 0.6 is 0 Å². The van der Waals surface area contributed by atoms with E-state index in [2.05, 4.69) is 14.8 Å². The third-order valence-corrected chi connectivity index (χ3v) is 4.83. The molecule has 3 N–H and O–H groups in total. The first-order chi connectivity index (χ1) is 11.3. The molecule has 1 atom stereocenters. The minimum Gasteiger partial charge on any atom is -0.453 e. The Kier molecular flexibility index (Phi) is 5.60. The number of hydrogen-bond acceptors (Lipinski definition) is 5. The molecule has 130 valence electrons. The smallest absolute Gasteiger partial charge is 0.411 e. The number of anilines is 1. The molecule has 1 heterocycles. The quantitative estimate of drug-likeness (QED) is 0.723. The summed E-state index contributed by atoms with van der Waals surface area (Å²) < 4.78 is 33.0. The molecular weight excluding hydrogens is 334 g/mol. The van der Waals surface area contributed by atoms with Gasteiger partial charge >= 0.3 is 6.09 Å². The number of aliphatic hydroxyl groups is 1. The maximum absolute atomic E-state index is 12.2. The lowest BCUT2D eigenvalue weighted by Gasteiger charge is -2.13. The second-order valence-electron chi connectivity index (χ2n) is 5.05. The number of nitrogens with one attached hydrogen (secondary N) is 2. The summed E-state index contributed by atoms with van der Waals surface area (Å²) in [5.74, 6) is 0. The number of sulfonamides is 1. The van der Waals surface area contributed by atoms with Crippen LogP contribution in [0.25, 0.3) is 0 Å². The normalized spacial score (nSPS) is 12.6. The number of carbonyl (C=O) groups excluding carboxylic acids is 1. The summed E-state index contributed by atoms with van der Waals surface area (Å²) in [4.78, 5) is 11.1. The van der Waals surface area contributed by atoms with E-state index in [1.54, 1.807) is 29.9 Å². The molecule has 0 radical (unpaired) electrons. The number of hydrogen-bond donors (Lipinski definition) is 3. The van der Waals surface area contributed by atoms with E-state index in [-0.39, 0.29) is 11.4 Å². The molecular formula is C15H19N3O5S. The summed E-state index contributed by atoms with van der Waals surface area (Å²) in [6.07, 6.45) is 0.162. The number of nitrogens with zero attached hydrogens (tertiary/aromatic N) is 1. The van der Waals surface area contributed by atoms with E-state index < -0.39 is 22.2 Å². The lowest BCUT2D eigenvalue weighted by atomic mass is 10.2. The van der Waals surface area contributed by atoms with Gasteiger partial charge in [0.1, 0.15) is 6.10 Å². The molecule has 1 aromatic carbocycles. The average Bonchev–Trinajstić information content (AvgIpc) is 2.99. The van der Waals surface area contributed by atoms with Gasteiger partial charge in [-0.2, -0.15) is 0 Å². The van der Waals surface area contributed by atoms with Crippen molar-refractivity contribution >= 4 is 21.8 Å². The van der Waals surface area contributed by atoms with Crippen molar-refractivity contribution in [3.05, 3.63) is 48.3 Å². The first-order valence-electron chi connectivity index (χ1n) is 7.07. The molecule has 1 aromatic heterocycles. The monoisotopic (exact) mass is 353 g/mol. The number of carbonyl (C=O) groups is 1. The third-order valence-electron chi connectivity index (χ3n) is 3.39. The molecule has 0 aliphatic carbocycles. The summed E-state index contributed by atoms with van der Waals surface area (Å²) in [5.41, 5.74) is 1.01. The van der Waals surface area contributed by atoms with Gasteiger partial charge in [-0.1, -0.05) is 0 Å². The Morgan fingerprint density at radius 3 is 2.50 bits per heavy atom. The summed E-state index contributed by atoms with van der Waals surface area (Å²) in [6, 6.07) is 9.07. The zero-order chi connectivity index (χ0) is 17.7. The van der Waals surface area contributed by atoms with E-state index >= 15 is 0 Å². The molecule has 1 amide bonds. The first-order valence-corrected chi connectivity index (χ1v) is 8.56. The van der Waals surface area contributed by atoms with Gasteiger partial charge in [0.15, 0.2) is 0 Å². The van der Waals surface area contributed by atoms with Gasteiger partial charge in [0.2, 0.25) is 10.0 Å². The molecule has 8 nitrogen and oxygen atoms in total. The Hall–Kier alpha value is -2.36. The van der Waals surface area contributed by atoms with E-state index in [9.17, 15) is 18.3 Å². The predicted octanol–water partition coefficient (Wildman–Crippen LogP) is 1.22. The number of methoxy groups -OCH3 is 1. The van der Waals surface area contributed by atoms with Crippen LogP contribution in [0.15, 0.2) is 47.5 Å². The molecule has 2 rings (SSSR count). The van der Waals surface area contributed by atoms with Crippen LogP contribution < -0.4 is 10.0 Å².